The fourth-order valence-electron chi connectivity index (χ4n) is 1.51. The van der Waals surface area contributed by atoms with Crippen molar-refractivity contribution in [3.63, 3.8) is 0 Å². The number of urea groups is 1. The van der Waals surface area contributed by atoms with Crippen LogP contribution in [0.1, 0.15) is 6.92 Å². The average molecular weight is 262 g/mol. The number of hydrogen-bond acceptors (Lipinski definition) is 2. The Labute approximate surface area is 113 Å². The van der Waals surface area contributed by atoms with Crippen molar-refractivity contribution < 1.29 is 4.79 Å². The summed E-state index contributed by atoms with van der Waals surface area (Å²) in [6.45, 7) is 3.24. The van der Waals surface area contributed by atoms with Crippen LogP contribution in [-0.4, -0.2) is 30.6 Å². The molecule has 0 aromatic heterocycles. The Hall–Kier alpha value is -1.60. The van der Waals surface area contributed by atoms with Crippen LogP contribution < -0.4 is 10.2 Å². The van der Waals surface area contributed by atoms with Gasteiger partial charge in [0.1, 0.15) is 0 Å². The van der Waals surface area contributed by atoms with Gasteiger partial charge in [0.2, 0.25) is 0 Å². The molecule has 0 saturated carbocycles. The number of thioether (sulfide) groups is 1. The second kappa shape index (κ2) is 8.48. The number of anilines is 1. The third kappa shape index (κ3) is 4.72. The maximum atomic E-state index is 12.0. The first kappa shape index (κ1) is 14.5. The Morgan fingerprint density at radius 1 is 1.44 bits per heavy atom. The number of para-hydroxylation sites is 1. The van der Waals surface area contributed by atoms with E-state index in [1.54, 1.807) is 16.7 Å². The van der Waals surface area contributed by atoms with Crippen LogP contribution in [0.3, 0.4) is 0 Å². The lowest BCUT2D eigenvalue weighted by atomic mass is 10.3. The summed E-state index contributed by atoms with van der Waals surface area (Å²) in [5.41, 5.74) is 0.911. The Bertz CT molecular complexity index is 400. The maximum Gasteiger partial charge on any atom is 0.321 e. The van der Waals surface area contributed by atoms with Gasteiger partial charge in [0.25, 0.3) is 0 Å². The van der Waals surface area contributed by atoms with Crippen molar-refractivity contribution in [2.24, 2.45) is 0 Å². The van der Waals surface area contributed by atoms with Gasteiger partial charge in [0, 0.05) is 24.5 Å². The van der Waals surface area contributed by atoms with E-state index in [1.165, 1.54) is 0 Å². The number of terminal acetylenes is 1. The lowest BCUT2D eigenvalue weighted by Gasteiger charge is -2.21. The molecule has 0 spiro atoms. The first-order valence-electron chi connectivity index (χ1n) is 5.91. The third-order valence-electron chi connectivity index (χ3n) is 2.34. The van der Waals surface area contributed by atoms with Gasteiger partial charge in [-0.2, -0.15) is 0 Å². The standard InChI is InChI=1S/C14H18N2OS/c1-3-11-18-12-10-15-14(17)16(4-2)13-8-6-5-7-9-13/h1,5-9H,4,10-12H2,2H3,(H,15,17). The minimum Gasteiger partial charge on any atom is -0.337 e. The lowest BCUT2D eigenvalue weighted by Crippen LogP contribution is -2.40. The SMILES string of the molecule is C#CCSCCNC(=O)N(CC)c1ccccc1. The summed E-state index contributed by atoms with van der Waals surface area (Å²) in [6.07, 6.45) is 5.15. The van der Waals surface area contributed by atoms with Crippen molar-refractivity contribution in [3.05, 3.63) is 30.3 Å². The lowest BCUT2D eigenvalue weighted by molar-refractivity contribution is 0.247. The number of nitrogens with zero attached hydrogens (tertiary/aromatic N) is 1. The zero-order chi connectivity index (χ0) is 13.2. The van der Waals surface area contributed by atoms with E-state index in [4.69, 9.17) is 6.42 Å². The van der Waals surface area contributed by atoms with Crippen LogP contribution in [0.25, 0.3) is 0 Å². The van der Waals surface area contributed by atoms with Crippen molar-refractivity contribution in [2.45, 2.75) is 6.92 Å². The van der Waals surface area contributed by atoms with Crippen molar-refractivity contribution in [1.82, 2.24) is 5.32 Å². The molecule has 1 aromatic carbocycles. The molecule has 0 aliphatic heterocycles. The van der Waals surface area contributed by atoms with Gasteiger partial charge >= 0.3 is 6.03 Å². The first-order chi connectivity index (χ1) is 8.79. The second-order valence-electron chi connectivity index (χ2n) is 3.57. The molecule has 18 heavy (non-hydrogen) atoms. The van der Waals surface area contributed by atoms with E-state index < -0.39 is 0 Å². The number of rotatable bonds is 6. The third-order valence-corrected chi connectivity index (χ3v) is 3.20. The first-order valence-corrected chi connectivity index (χ1v) is 7.06. The number of nitrogens with one attached hydrogen (secondary N) is 1. The topological polar surface area (TPSA) is 32.3 Å². The normalized spacial score (nSPS) is 9.56. The van der Waals surface area contributed by atoms with Gasteiger partial charge in [-0.1, -0.05) is 24.1 Å². The second-order valence-corrected chi connectivity index (χ2v) is 4.67. The van der Waals surface area contributed by atoms with Gasteiger partial charge in [-0.05, 0) is 19.1 Å². The molecule has 1 aromatic rings. The van der Waals surface area contributed by atoms with Crippen molar-refractivity contribution in [2.75, 3.05) is 29.5 Å². The Morgan fingerprint density at radius 2 is 2.17 bits per heavy atom. The summed E-state index contributed by atoms with van der Waals surface area (Å²) in [5, 5.41) is 2.89. The average Bonchev–Trinajstić information content (AvgIpc) is 2.40. The monoisotopic (exact) mass is 262 g/mol. The van der Waals surface area contributed by atoms with Gasteiger partial charge in [-0.15, -0.1) is 18.2 Å². The molecular weight excluding hydrogens is 244 g/mol. The van der Waals surface area contributed by atoms with Crippen LogP contribution in [-0.2, 0) is 0 Å². The summed E-state index contributed by atoms with van der Waals surface area (Å²) in [4.78, 5) is 13.7. The predicted octanol–water partition coefficient (Wildman–Crippen LogP) is 2.59. The van der Waals surface area contributed by atoms with E-state index in [1.807, 2.05) is 37.3 Å². The quantitative estimate of drug-likeness (QED) is 0.631. The molecule has 1 rings (SSSR count). The summed E-state index contributed by atoms with van der Waals surface area (Å²) < 4.78 is 0. The van der Waals surface area contributed by atoms with Crippen LogP contribution in [0.5, 0.6) is 0 Å². The molecule has 0 bridgehead atoms. The Balaban J connectivity index is 2.42. The molecule has 0 atom stereocenters. The Kier molecular flexibility index (Phi) is 6.82. The zero-order valence-corrected chi connectivity index (χ0v) is 11.4. The number of carbonyl (C=O) groups is 1. The van der Waals surface area contributed by atoms with E-state index in [0.717, 1.165) is 11.4 Å². The summed E-state index contributed by atoms with van der Waals surface area (Å²) in [5.74, 6) is 4.08. The molecule has 0 heterocycles. The van der Waals surface area contributed by atoms with Crippen LogP contribution in [0.2, 0.25) is 0 Å². The zero-order valence-electron chi connectivity index (χ0n) is 10.6. The number of benzene rings is 1. The molecule has 4 heteroatoms. The van der Waals surface area contributed by atoms with Crippen LogP contribution in [0.15, 0.2) is 30.3 Å². The van der Waals surface area contributed by atoms with Gasteiger partial charge in [0.05, 0.1) is 5.75 Å². The highest BCUT2D eigenvalue weighted by Crippen LogP contribution is 2.12. The van der Waals surface area contributed by atoms with Gasteiger partial charge in [-0.25, -0.2) is 4.79 Å². The summed E-state index contributed by atoms with van der Waals surface area (Å²) >= 11 is 1.64. The highest BCUT2D eigenvalue weighted by molar-refractivity contribution is 7.99. The molecule has 3 nitrogen and oxygen atoms in total. The molecule has 0 radical (unpaired) electrons. The number of amides is 2. The molecule has 0 fully saturated rings. The van der Waals surface area contributed by atoms with Crippen molar-refractivity contribution in [3.8, 4) is 12.3 Å². The summed E-state index contributed by atoms with van der Waals surface area (Å²) in [6, 6.07) is 9.57. The van der Waals surface area contributed by atoms with E-state index in [9.17, 15) is 4.79 Å². The molecule has 1 N–H and O–H groups in total. The van der Waals surface area contributed by atoms with Crippen molar-refractivity contribution in [1.29, 1.82) is 0 Å². The Morgan fingerprint density at radius 3 is 2.78 bits per heavy atom. The van der Waals surface area contributed by atoms with Crippen LogP contribution in [0, 0.1) is 12.3 Å². The minimum atomic E-state index is -0.0648. The molecule has 0 aliphatic carbocycles. The molecule has 0 unspecified atom stereocenters. The number of carbonyl (C=O) groups excluding carboxylic acids is 1. The van der Waals surface area contributed by atoms with Gasteiger partial charge < -0.3 is 5.32 Å². The molecule has 0 saturated heterocycles. The molecule has 0 aliphatic rings. The fraction of sp³-hybridized carbons (Fsp3) is 0.357. The van der Waals surface area contributed by atoms with E-state index in [2.05, 4.69) is 11.2 Å². The largest absolute Gasteiger partial charge is 0.337 e. The highest BCUT2D eigenvalue weighted by atomic mass is 32.2. The van der Waals surface area contributed by atoms with Gasteiger partial charge in [0.15, 0.2) is 0 Å². The number of hydrogen-bond donors (Lipinski definition) is 1. The minimum absolute atomic E-state index is 0.0648. The molecule has 2 amide bonds. The van der Waals surface area contributed by atoms with Crippen LogP contribution >= 0.6 is 11.8 Å². The van der Waals surface area contributed by atoms with E-state index >= 15 is 0 Å². The van der Waals surface area contributed by atoms with Crippen molar-refractivity contribution >= 4 is 23.5 Å². The van der Waals surface area contributed by atoms with Gasteiger partial charge in [-0.3, -0.25) is 4.90 Å². The van der Waals surface area contributed by atoms with E-state index in [-0.39, 0.29) is 6.03 Å². The predicted molar refractivity (Wildman–Crippen MR) is 79.0 cm³/mol. The maximum absolute atomic E-state index is 12.0. The highest BCUT2D eigenvalue weighted by Gasteiger charge is 2.12. The fourth-order valence-corrected chi connectivity index (χ4v) is 2.02. The van der Waals surface area contributed by atoms with E-state index in [0.29, 0.717) is 18.8 Å². The van der Waals surface area contributed by atoms with Crippen LogP contribution in [0.4, 0.5) is 10.5 Å². The molecular formula is C14H18N2OS. The molecule has 96 valence electrons. The summed E-state index contributed by atoms with van der Waals surface area (Å²) in [7, 11) is 0. The smallest absolute Gasteiger partial charge is 0.321 e.